The number of hydrogen-bond acceptors (Lipinski definition) is 3. The molecule has 1 saturated carbocycles. The van der Waals surface area contributed by atoms with Crippen LogP contribution in [0.5, 0.6) is 0 Å². The topological polar surface area (TPSA) is 54.5 Å². The zero-order valence-electron chi connectivity index (χ0n) is 11.9. The van der Waals surface area contributed by atoms with Crippen molar-refractivity contribution in [1.82, 2.24) is 4.90 Å². The first kappa shape index (κ1) is 14.8. The van der Waals surface area contributed by atoms with Crippen molar-refractivity contribution in [2.75, 3.05) is 25.1 Å². The van der Waals surface area contributed by atoms with Gasteiger partial charge in [-0.3, -0.25) is 4.79 Å². The first-order valence-corrected chi connectivity index (χ1v) is 9.42. The van der Waals surface area contributed by atoms with E-state index in [1.54, 1.807) is 0 Å². The molecule has 1 saturated heterocycles. The molecule has 19 heavy (non-hydrogen) atoms. The van der Waals surface area contributed by atoms with Gasteiger partial charge in [-0.1, -0.05) is 25.7 Å². The maximum absolute atomic E-state index is 12.1. The van der Waals surface area contributed by atoms with E-state index in [0.717, 1.165) is 19.5 Å². The number of rotatable bonds is 3. The SMILES string of the molecule is CS(=O)(=O)CCC(=O)N1CCC2(CCCCCC2)C1. The van der Waals surface area contributed by atoms with E-state index in [4.69, 9.17) is 0 Å². The number of likely N-dealkylation sites (tertiary alicyclic amines) is 1. The van der Waals surface area contributed by atoms with Gasteiger partial charge in [0.25, 0.3) is 0 Å². The summed E-state index contributed by atoms with van der Waals surface area (Å²) in [5.74, 6) is 0.00143. The fraction of sp³-hybridized carbons (Fsp3) is 0.929. The lowest BCUT2D eigenvalue weighted by atomic mass is 9.80. The molecule has 0 aromatic carbocycles. The monoisotopic (exact) mass is 287 g/mol. The van der Waals surface area contributed by atoms with Crippen LogP contribution in [0.15, 0.2) is 0 Å². The predicted octanol–water partition coefficient (Wildman–Crippen LogP) is 1.99. The summed E-state index contributed by atoms with van der Waals surface area (Å²) < 4.78 is 22.2. The van der Waals surface area contributed by atoms with Crippen LogP contribution < -0.4 is 0 Å². The Hall–Kier alpha value is -0.580. The predicted molar refractivity (Wildman–Crippen MR) is 75.7 cm³/mol. The first-order valence-electron chi connectivity index (χ1n) is 7.36. The van der Waals surface area contributed by atoms with Gasteiger partial charge in [0.05, 0.1) is 5.75 Å². The van der Waals surface area contributed by atoms with E-state index >= 15 is 0 Å². The van der Waals surface area contributed by atoms with Crippen molar-refractivity contribution in [3.05, 3.63) is 0 Å². The quantitative estimate of drug-likeness (QED) is 0.797. The largest absolute Gasteiger partial charge is 0.342 e. The Kier molecular flexibility index (Phi) is 4.54. The highest BCUT2D eigenvalue weighted by Crippen LogP contribution is 2.42. The van der Waals surface area contributed by atoms with Crippen molar-refractivity contribution >= 4 is 15.7 Å². The van der Waals surface area contributed by atoms with Gasteiger partial charge in [-0.15, -0.1) is 0 Å². The molecule has 0 aromatic heterocycles. The lowest BCUT2D eigenvalue weighted by Crippen LogP contribution is -2.33. The molecular formula is C14H25NO3S. The molecule has 0 aromatic rings. The van der Waals surface area contributed by atoms with Crippen LogP contribution in [0.1, 0.15) is 51.4 Å². The summed E-state index contributed by atoms with van der Waals surface area (Å²) in [6.07, 6.45) is 10.1. The third-order valence-corrected chi connectivity index (χ3v) is 5.59. The molecule has 1 aliphatic carbocycles. The van der Waals surface area contributed by atoms with Crippen molar-refractivity contribution in [2.24, 2.45) is 5.41 Å². The van der Waals surface area contributed by atoms with E-state index in [2.05, 4.69) is 0 Å². The first-order chi connectivity index (χ1) is 8.90. The molecular weight excluding hydrogens is 262 g/mol. The van der Waals surface area contributed by atoms with E-state index in [0.29, 0.717) is 5.41 Å². The van der Waals surface area contributed by atoms with Crippen LogP contribution in [0.3, 0.4) is 0 Å². The Morgan fingerprint density at radius 3 is 2.32 bits per heavy atom. The summed E-state index contributed by atoms with van der Waals surface area (Å²) in [5.41, 5.74) is 0.344. The van der Waals surface area contributed by atoms with Crippen LogP contribution in [0, 0.1) is 5.41 Å². The Labute approximate surface area is 116 Å². The van der Waals surface area contributed by atoms with E-state index in [1.807, 2.05) is 4.90 Å². The van der Waals surface area contributed by atoms with E-state index in [-0.39, 0.29) is 18.1 Å². The number of carbonyl (C=O) groups is 1. The van der Waals surface area contributed by atoms with Crippen LogP contribution in [0.4, 0.5) is 0 Å². The standard InChI is InChI=1S/C14H25NO3S/c1-19(17,18)11-6-13(16)15-10-9-14(12-15)7-4-2-3-5-8-14/h2-12H2,1H3. The van der Waals surface area contributed by atoms with E-state index in [1.165, 1.54) is 44.8 Å². The molecule has 1 heterocycles. The van der Waals surface area contributed by atoms with Gasteiger partial charge in [0.1, 0.15) is 9.84 Å². The molecule has 1 spiro atoms. The second-order valence-electron chi connectivity index (χ2n) is 6.36. The van der Waals surface area contributed by atoms with Crippen LogP contribution in [-0.4, -0.2) is 44.3 Å². The van der Waals surface area contributed by atoms with Gasteiger partial charge in [-0.2, -0.15) is 0 Å². The molecule has 0 radical (unpaired) electrons. The highest BCUT2D eigenvalue weighted by Gasteiger charge is 2.39. The summed E-state index contributed by atoms with van der Waals surface area (Å²) in [6.45, 7) is 1.68. The van der Waals surface area contributed by atoms with Gasteiger partial charge in [0, 0.05) is 25.8 Å². The van der Waals surface area contributed by atoms with Gasteiger partial charge in [-0.25, -0.2) is 8.42 Å². The number of carbonyl (C=O) groups excluding carboxylic acids is 1. The highest BCUT2D eigenvalue weighted by atomic mass is 32.2. The van der Waals surface area contributed by atoms with E-state index < -0.39 is 9.84 Å². The van der Waals surface area contributed by atoms with Crippen LogP contribution >= 0.6 is 0 Å². The summed E-state index contributed by atoms with van der Waals surface area (Å²) in [4.78, 5) is 14.0. The fourth-order valence-electron chi connectivity index (χ4n) is 3.47. The minimum atomic E-state index is -3.04. The zero-order valence-corrected chi connectivity index (χ0v) is 12.7. The van der Waals surface area contributed by atoms with Crippen molar-refractivity contribution < 1.29 is 13.2 Å². The molecule has 2 aliphatic rings. The normalized spacial score (nSPS) is 23.5. The van der Waals surface area contributed by atoms with Crippen molar-refractivity contribution in [3.63, 3.8) is 0 Å². The molecule has 5 heteroatoms. The molecule has 0 bridgehead atoms. The molecule has 1 aliphatic heterocycles. The van der Waals surface area contributed by atoms with Gasteiger partial charge in [0.15, 0.2) is 0 Å². The Bertz CT molecular complexity index is 422. The van der Waals surface area contributed by atoms with Crippen molar-refractivity contribution in [3.8, 4) is 0 Å². The Morgan fingerprint density at radius 1 is 1.11 bits per heavy atom. The van der Waals surface area contributed by atoms with Gasteiger partial charge >= 0.3 is 0 Å². The van der Waals surface area contributed by atoms with Crippen molar-refractivity contribution in [1.29, 1.82) is 0 Å². The summed E-state index contributed by atoms with van der Waals surface area (Å²) in [7, 11) is -3.04. The lowest BCUT2D eigenvalue weighted by Gasteiger charge is -2.27. The minimum absolute atomic E-state index is 0.0185. The smallest absolute Gasteiger partial charge is 0.223 e. The molecule has 1 amide bonds. The Balaban J connectivity index is 1.88. The van der Waals surface area contributed by atoms with Gasteiger partial charge in [0.2, 0.25) is 5.91 Å². The summed E-state index contributed by atoms with van der Waals surface area (Å²) in [5, 5.41) is 0. The third kappa shape index (κ3) is 4.20. The maximum Gasteiger partial charge on any atom is 0.223 e. The maximum atomic E-state index is 12.1. The minimum Gasteiger partial charge on any atom is -0.342 e. The second kappa shape index (κ2) is 5.81. The number of sulfone groups is 1. The molecule has 2 rings (SSSR count). The van der Waals surface area contributed by atoms with Crippen LogP contribution in [-0.2, 0) is 14.6 Å². The molecule has 0 N–H and O–H groups in total. The number of amides is 1. The molecule has 0 unspecified atom stereocenters. The molecule has 110 valence electrons. The average Bonchev–Trinajstić information content (AvgIpc) is 2.60. The van der Waals surface area contributed by atoms with Gasteiger partial charge in [-0.05, 0) is 24.7 Å². The summed E-state index contributed by atoms with van der Waals surface area (Å²) in [6, 6.07) is 0. The number of hydrogen-bond donors (Lipinski definition) is 0. The lowest BCUT2D eigenvalue weighted by molar-refractivity contribution is -0.130. The zero-order chi connectivity index (χ0) is 13.9. The molecule has 4 nitrogen and oxygen atoms in total. The number of nitrogens with zero attached hydrogens (tertiary/aromatic N) is 1. The molecule has 2 fully saturated rings. The highest BCUT2D eigenvalue weighted by molar-refractivity contribution is 7.90. The second-order valence-corrected chi connectivity index (χ2v) is 8.62. The average molecular weight is 287 g/mol. The fourth-order valence-corrected chi connectivity index (χ4v) is 4.01. The van der Waals surface area contributed by atoms with Crippen LogP contribution in [0.25, 0.3) is 0 Å². The van der Waals surface area contributed by atoms with Crippen LogP contribution in [0.2, 0.25) is 0 Å². The third-order valence-electron chi connectivity index (χ3n) is 4.64. The Morgan fingerprint density at radius 2 is 1.74 bits per heavy atom. The summed E-state index contributed by atoms with van der Waals surface area (Å²) >= 11 is 0. The van der Waals surface area contributed by atoms with Crippen molar-refractivity contribution in [2.45, 2.75) is 51.4 Å². The molecule has 0 atom stereocenters. The van der Waals surface area contributed by atoms with Gasteiger partial charge < -0.3 is 4.90 Å². The van der Waals surface area contributed by atoms with E-state index in [9.17, 15) is 13.2 Å².